The highest BCUT2D eigenvalue weighted by molar-refractivity contribution is 7.15. The fourth-order valence-corrected chi connectivity index (χ4v) is 6.38. The van der Waals surface area contributed by atoms with Crippen LogP contribution < -0.4 is 4.90 Å². The highest BCUT2D eigenvalue weighted by Gasteiger charge is 2.39. The number of carboxylic acids is 1. The van der Waals surface area contributed by atoms with Crippen molar-refractivity contribution < 1.29 is 29.6 Å². The van der Waals surface area contributed by atoms with Crippen LogP contribution in [0.25, 0.3) is 5.57 Å². The molecule has 2 fully saturated rings. The van der Waals surface area contributed by atoms with Crippen LogP contribution in [0.5, 0.6) is 0 Å². The lowest BCUT2D eigenvalue weighted by Crippen LogP contribution is -2.48. The van der Waals surface area contributed by atoms with Crippen LogP contribution in [-0.2, 0) is 9.47 Å². The zero-order valence-corrected chi connectivity index (χ0v) is 21.8. The van der Waals surface area contributed by atoms with Crippen LogP contribution in [0, 0.1) is 11.8 Å². The number of hydrogen-bond donors (Lipinski definition) is 3. The molecule has 2 heterocycles. The Labute approximate surface area is 212 Å². The third-order valence-electron chi connectivity index (χ3n) is 7.36. The minimum absolute atomic E-state index is 0.0345. The summed E-state index contributed by atoms with van der Waals surface area (Å²) in [6, 6.07) is 1.91. The lowest BCUT2D eigenvalue weighted by atomic mass is 9.90. The first kappa shape index (κ1) is 26.4. The quantitative estimate of drug-likeness (QED) is 0.336. The molecular formula is C27H39NO6S. The highest BCUT2D eigenvalue weighted by Crippen LogP contribution is 2.44. The summed E-state index contributed by atoms with van der Waals surface area (Å²) >= 11 is 1.28. The molecular weight excluding hydrogens is 466 g/mol. The first-order valence-electron chi connectivity index (χ1n) is 12.9. The SMILES string of the molecule is CC(C)/C=C/C(C)C(O)N(c1cc(C2=CCC3(CC2)OCCO3)sc1C(=O)O)C1CCC(O)CC1. The molecule has 8 heteroatoms. The molecule has 1 aromatic rings. The molecule has 4 rings (SSSR count). The Morgan fingerprint density at radius 2 is 1.86 bits per heavy atom. The second-order valence-corrected chi connectivity index (χ2v) is 11.5. The Balaban J connectivity index is 1.67. The maximum atomic E-state index is 12.4. The van der Waals surface area contributed by atoms with Crippen LogP contribution in [0.15, 0.2) is 24.3 Å². The van der Waals surface area contributed by atoms with Crippen molar-refractivity contribution in [1.29, 1.82) is 0 Å². The number of allylic oxidation sites excluding steroid dienone is 2. The zero-order chi connectivity index (χ0) is 25.2. The smallest absolute Gasteiger partial charge is 0.348 e. The summed E-state index contributed by atoms with van der Waals surface area (Å²) < 4.78 is 11.7. The van der Waals surface area contributed by atoms with Crippen LogP contribution in [0.2, 0.25) is 0 Å². The van der Waals surface area contributed by atoms with Gasteiger partial charge in [0.25, 0.3) is 0 Å². The van der Waals surface area contributed by atoms with E-state index in [1.807, 2.05) is 24.0 Å². The molecule has 3 N–H and O–H groups in total. The summed E-state index contributed by atoms with van der Waals surface area (Å²) in [6.07, 6.45) is 9.88. The van der Waals surface area contributed by atoms with E-state index in [2.05, 4.69) is 26.0 Å². The summed E-state index contributed by atoms with van der Waals surface area (Å²) in [5.41, 5.74) is 1.68. The van der Waals surface area contributed by atoms with Crippen LogP contribution in [0.3, 0.4) is 0 Å². The van der Waals surface area contributed by atoms with Crippen molar-refractivity contribution in [2.24, 2.45) is 11.8 Å². The van der Waals surface area contributed by atoms with E-state index in [4.69, 9.17) is 9.47 Å². The molecule has 1 saturated heterocycles. The van der Waals surface area contributed by atoms with E-state index < -0.39 is 18.0 Å². The van der Waals surface area contributed by atoms with Crippen molar-refractivity contribution in [1.82, 2.24) is 0 Å². The summed E-state index contributed by atoms with van der Waals surface area (Å²) in [6.45, 7) is 7.37. The number of anilines is 1. The standard InChI is InChI=1S/C27H39NO6S/c1-17(2)4-5-18(3)25(30)28(20-6-8-21(29)9-7-20)22-16-23(35-24(22)26(31)32)19-10-12-27(13-11-19)33-14-15-34-27/h4-5,10,16-18,20-21,25,29-30H,6-9,11-15H2,1-3H3,(H,31,32)/b5-4+. The zero-order valence-electron chi connectivity index (χ0n) is 21.0. The van der Waals surface area contributed by atoms with Gasteiger partial charge in [-0.1, -0.05) is 39.0 Å². The number of thiophene rings is 1. The molecule has 0 radical (unpaired) electrons. The Morgan fingerprint density at radius 3 is 2.43 bits per heavy atom. The number of carbonyl (C=O) groups is 1. The third-order valence-corrected chi connectivity index (χ3v) is 8.55. The number of ether oxygens (including phenoxy) is 2. The van der Waals surface area contributed by atoms with Gasteiger partial charge in [0.1, 0.15) is 11.1 Å². The van der Waals surface area contributed by atoms with E-state index in [0.717, 1.165) is 23.3 Å². The third kappa shape index (κ3) is 6.00. The van der Waals surface area contributed by atoms with Crippen molar-refractivity contribution >= 4 is 28.6 Å². The van der Waals surface area contributed by atoms with Gasteiger partial charge in [-0.2, -0.15) is 0 Å². The van der Waals surface area contributed by atoms with Gasteiger partial charge in [-0.15, -0.1) is 11.3 Å². The first-order chi connectivity index (χ1) is 16.7. The largest absolute Gasteiger partial charge is 0.477 e. The molecule has 1 spiro atoms. The molecule has 0 bridgehead atoms. The number of aliphatic hydroxyl groups is 2. The Kier molecular flexibility index (Phi) is 8.38. The molecule has 3 aliphatic rings. The van der Waals surface area contributed by atoms with Crippen molar-refractivity contribution in [3.05, 3.63) is 34.0 Å². The van der Waals surface area contributed by atoms with E-state index in [-0.39, 0.29) is 22.9 Å². The molecule has 2 aliphatic carbocycles. The molecule has 0 aromatic carbocycles. The summed E-state index contributed by atoms with van der Waals surface area (Å²) in [4.78, 5) is 15.4. The molecule has 1 saturated carbocycles. The molecule has 2 atom stereocenters. The average Bonchev–Trinajstić information content (AvgIpc) is 3.47. The van der Waals surface area contributed by atoms with Gasteiger partial charge in [-0.25, -0.2) is 4.79 Å². The number of carboxylic acid groups (broad SMARTS) is 1. The number of aromatic carboxylic acids is 1. The van der Waals surface area contributed by atoms with Crippen LogP contribution in [0.4, 0.5) is 5.69 Å². The van der Waals surface area contributed by atoms with Gasteiger partial charge >= 0.3 is 5.97 Å². The van der Waals surface area contributed by atoms with Crippen LogP contribution in [0.1, 0.15) is 80.3 Å². The molecule has 0 amide bonds. The fourth-order valence-electron chi connectivity index (χ4n) is 5.32. The van der Waals surface area contributed by atoms with Gasteiger partial charge in [-0.05, 0) is 49.7 Å². The molecule has 194 valence electrons. The van der Waals surface area contributed by atoms with E-state index in [0.29, 0.717) is 56.9 Å². The van der Waals surface area contributed by atoms with Gasteiger partial charge in [0.2, 0.25) is 0 Å². The second-order valence-electron chi connectivity index (χ2n) is 10.4. The summed E-state index contributed by atoms with van der Waals surface area (Å²) in [5, 5.41) is 31.7. The number of rotatable bonds is 8. The lowest BCUT2D eigenvalue weighted by molar-refractivity contribution is -0.159. The van der Waals surface area contributed by atoms with Gasteiger partial charge in [-0.3, -0.25) is 0 Å². The molecule has 1 aliphatic heterocycles. The lowest BCUT2D eigenvalue weighted by Gasteiger charge is -2.41. The van der Waals surface area contributed by atoms with Crippen molar-refractivity contribution in [3.8, 4) is 0 Å². The molecule has 7 nitrogen and oxygen atoms in total. The van der Waals surface area contributed by atoms with Gasteiger partial charge in [0.15, 0.2) is 5.79 Å². The first-order valence-corrected chi connectivity index (χ1v) is 13.7. The second kappa shape index (κ2) is 11.1. The van der Waals surface area contributed by atoms with Gasteiger partial charge in [0.05, 0.1) is 25.0 Å². The number of hydrogen-bond acceptors (Lipinski definition) is 7. The summed E-state index contributed by atoms with van der Waals surface area (Å²) in [7, 11) is 0. The fraction of sp³-hybridized carbons (Fsp3) is 0.667. The van der Waals surface area contributed by atoms with E-state index in [1.165, 1.54) is 11.3 Å². The maximum Gasteiger partial charge on any atom is 0.348 e. The average molecular weight is 506 g/mol. The van der Waals surface area contributed by atoms with Crippen molar-refractivity contribution in [3.63, 3.8) is 0 Å². The predicted octanol–water partition coefficient (Wildman–Crippen LogP) is 5.03. The Bertz CT molecular complexity index is 939. The van der Waals surface area contributed by atoms with Crippen LogP contribution >= 0.6 is 11.3 Å². The number of aliphatic hydroxyl groups excluding tert-OH is 2. The van der Waals surface area contributed by atoms with Gasteiger partial charge in [0, 0.05) is 29.7 Å². The van der Waals surface area contributed by atoms with Crippen molar-refractivity contribution in [2.75, 3.05) is 18.1 Å². The van der Waals surface area contributed by atoms with Crippen molar-refractivity contribution in [2.45, 2.75) is 89.9 Å². The van der Waals surface area contributed by atoms with E-state index in [1.54, 1.807) is 0 Å². The molecule has 2 unspecified atom stereocenters. The number of nitrogens with zero attached hydrogens (tertiary/aromatic N) is 1. The predicted molar refractivity (Wildman–Crippen MR) is 138 cm³/mol. The van der Waals surface area contributed by atoms with Crippen LogP contribution in [-0.4, -0.2) is 58.7 Å². The Morgan fingerprint density at radius 1 is 1.17 bits per heavy atom. The van der Waals surface area contributed by atoms with Gasteiger partial charge < -0.3 is 29.7 Å². The maximum absolute atomic E-state index is 12.4. The monoisotopic (exact) mass is 505 g/mol. The minimum Gasteiger partial charge on any atom is -0.477 e. The van der Waals surface area contributed by atoms with E-state index >= 15 is 0 Å². The molecule has 1 aromatic heterocycles. The summed E-state index contributed by atoms with van der Waals surface area (Å²) in [5.74, 6) is -1.33. The normalized spacial score (nSPS) is 26.3. The minimum atomic E-state index is -0.981. The Hall–Kier alpha value is -1.71. The van der Waals surface area contributed by atoms with E-state index in [9.17, 15) is 20.1 Å². The molecule has 35 heavy (non-hydrogen) atoms. The topological polar surface area (TPSA) is 99.5 Å². The highest BCUT2D eigenvalue weighted by atomic mass is 32.1.